The van der Waals surface area contributed by atoms with Crippen LogP contribution in [0.15, 0.2) is 30.5 Å². The van der Waals surface area contributed by atoms with Gasteiger partial charge in [-0.3, -0.25) is 19.4 Å². The highest BCUT2D eigenvalue weighted by Crippen LogP contribution is 2.42. The number of carbonyl (C=O) groups is 1. The van der Waals surface area contributed by atoms with E-state index in [1.807, 2.05) is 0 Å². The summed E-state index contributed by atoms with van der Waals surface area (Å²) in [6, 6.07) is 5.53. The molecule has 2 fully saturated rings. The number of hydrogen-bond acceptors (Lipinski definition) is 9. The van der Waals surface area contributed by atoms with Crippen LogP contribution in [0.4, 0.5) is 23.4 Å². The number of pyridine rings is 1. The molecule has 5 aromatic rings. The number of alkyl halides is 1. The Labute approximate surface area is 296 Å². The van der Waals surface area contributed by atoms with Gasteiger partial charge >= 0.3 is 6.01 Å². The van der Waals surface area contributed by atoms with E-state index in [4.69, 9.17) is 9.72 Å². The van der Waals surface area contributed by atoms with Crippen LogP contribution in [0.5, 0.6) is 11.8 Å². The molecular formula is C37H38F4N8O3. The van der Waals surface area contributed by atoms with Crippen LogP contribution < -0.4 is 9.64 Å². The normalized spacial score (nSPS) is 20.4. The molecule has 2 saturated heterocycles. The number of phenolic OH excluding ortho intramolecular Hbond substituents is 1. The predicted molar refractivity (Wildman–Crippen MR) is 186 cm³/mol. The number of rotatable bonds is 7. The summed E-state index contributed by atoms with van der Waals surface area (Å²) >= 11 is 0. The molecule has 15 heteroatoms. The maximum Gasteiger partial charge on any atom is 0.319 e. The van der Waals surface area contributed by atoms with Gasteiger partial charge in [0.15, 0.2) is 17.3 Å². The third-order valence-corrected chi connectivity index (χ3v) is 10.7. The van der Waals surface area contributed by atoms with Gasteiger partial charge in [-0.2, -0.15) is 15.1 Å². The van der Waals surface area contributed by atoms with E-state index in [1.165, 1.54) is 54.1 Å². The number of ether oxygens (including phenoxy) is 1. The minimum atomic E-state index is -0.987. The molecule has 6 heterocycles. The van der Waals surface area contributed by atoms with Gasteiger partial charge in [-0.05, 0) is 66.8 Å². The van der Waals surface area contributed by atoms with Crippen LogP contribution in [0.3, 0.4) is 0 Å². The summed E-state index contributed by atoms with van der Waals surface area (Å²) in [5.74, 6) is -2.55. The van der Waals surface area contributed by atoms with Crippen molar-refractivity contribution in [1.82, 2.24) is 34.5 Å². The highest BCUT2D eigenvalue weighted by atomic mass is 19.1. The summed E-state index contributed by atoms with van der Waals surface area (Å²) in [6.45, 7) is 3.60. The first kappa shape index (κ1) is 34.1. The summed E-state index contributed by atoms with van der Waals surface area (Å²) in [6.07, 6.45) is 3.17. The minimum absolute atomic E-state index is 0.0496. The summed E-state index contributed by atoms with van der Waals surface area (Å²) in [5, 5.41) is 16.1. The van der Waals surface area contributed by atoms with Gasteiger partial charge in [0, 0.05) is 51.9 Å². The van der Waals surface area contributed by atoms with E-state index in [0.29, 0.717) is 55.2 Å². The number of nitrogens with zero attached hydrogens (tertiary/aromatic N) is 8. The number of hydrogen-bond donors (Lipinski definition) is 1. The number of benzene rings is 2. The monoisotopic (exact) mass is 718 g/mol. The number of amides is 1. The first-order chi connectivity index (χ1) is 25.0. The molecule has 52 heavy (non-hydrogen) atoms. The molecule has 0 radical (unpaired) electrons. The molecule has 0 bridgehead atoms. The topological polar surface area (TPSA) is 113 Å². The summed E-state index contributed by atoms with van der Waals surface area (Å²) < 4.78 is 70.3. The Morgan fingerprint density at radius 3 is 2.71 bits per heavy atom. The fourth-order valence-corrected chi connectivity index (χ4v) is 8.21. The molecule has 1 N–H and O–H groups in total. The number of halogens is 4. The average molecular weight is 719 g/mol. The number of fused-ring (bicyclic) bond motifs is 4. The molecule has 0 saturated carbocycles. The molecule has 2 atom stereocenters. The van der Waals surface area contributed by atoms with Crippen LogP contribution in [-0.2, 0) is 19.5 Å². The Bertz CT molecular complexity index is 2250. The third kappa shape index (κ3) is 5.56. The zero-order chi connectivity index (χ0) is 36.5. The molecule has 0 unspecified atom stereocenters. The molecule has 8 rings (SSSR count). The van der Waals surface area contributed by atoms with Gasteiger partial charge in [-0.15, -0.1) is 0 Å². The molecule has 2 aromatic carbocycles. The molecule has 1 amide bonds. The second kappa shape index (κ2) is 12.9. The Balaban J connectivity index is 1.28. The van der Waals surface area contributed by atoms with Crippen molar-refractivity contribution in [3.05, 3.63) is 64.9 Å². The third-order valence-electron chi connectivity index (χ3n) is 10.7. The first-order valence-corrected chi connectivity index (χ1v) is 17.5. The van der Waals surface area contributed by atoms with E-state index in [2.05, 4.69) is 20.0 Å². The van der Waals surface area contributed by atoms with Crippen molar-refractivity contribution in [2.24, 2.45) is 0 Å². The van der Waals surface area contributed by atoms with Gasteiger partial charge in [-0.1, -0.05) is 13.0 Å². The minimum Gasteiger partial charge on any atom is -0.508 e. The molecule has 272 valence electrons. The van der Waals surface area contributed by atoms with Crippen molar-refractivity contribution >= 4 is 33.4 Å². The van der Waals surface area contributed by atoms with Crippen LogP contribution in [0.2, 0.25) is 0 Å². The largest absolute Gasteiger partial charge is 0.508 e. The second-order valence-corrected chi connectivity index (χ2v) is 14.2. The van der Waals surface area contributed by atoms with E-state index < -0.39 is 35.1 Å². The van der Waals surface area contributed by atoms with Gasteiger partial charge in [0.2, 0.25) is 0 Å². The second-order valence-electron chi connectivity index (χ2n) is 14.2. The molecular weight excluding hydrogens is 680 g/mol. The first-order valence-electron chi connectivity index (χ1n) is 17.5. The summed E-state index contributed by atoms with van der Waals surface area (Å²) in [5.41, 5.74) is -0.426. The lowest BCUT2D eigenvalue weighted by Crippen LogP contribution is -2.43. The van der Waals surface area contributed by atoms with Crippen molar-refractivity contribution in [2.75, 3.05) is 45.2 Å². The molecule has 0 spiro atoms. The fraction of sp³-hybridized carbons (Fsp3) is 0.432. The maximum absolute atomic E-state index is 17.1. The Morgan fingerprint density at radius 2 is 1.92 bits per heavy atom. The van der Waals surface area contributed by atoms with E-state index >= 15 is 13.2 Å². The van der Waals surface area contributed by atoms with Crippen LogP contribution in [0.1, 0.15) is 54.4 Å². The maximum atomic E-state index is 17.1. The van der Waals surface area contributed by atoms with Gasteiger partial charge in [0.25, 0.3) is 5.91 Å². The Hall–Kier alpha value is -5.05. The zero-order valence-electron chi connectivity index (χ0n) is 29.1. The van der Waals surface area contributed by atoms with Crippen molar-refractivity contribution in [1.29, 1.82) is 0 Å². The Morgan fingerprint density at radius 1 is 1.10 bits per heavy atom. The Kier molecular flexibility index (Phi) is 8.43. The van der Waals surface area contributed by atoms with Crippen molar-refractivity contribution in [3.63, 3.8) is 0 Å². The standard InChI is InChI=1S/C37H38F4N8O3/c1-4-23-26(39)8-7-20-13-22(50)14-24(28(20)23)31-30(41)32-25(16-42-31)34(44-36(43-32)52-19-37-9-5-11-48(37)17-21(38)15-37)47-10-6-12-49-27(18-47)29(40)33(45-49)35(51)46(2)3/h7-8,13-14,16,21,50H,4-6,9-12,15,17-19H2,1-3H3/t21-,37+/m1/s1. The average Bonchev–Trinajstić information content (AvgIpc) is 3.69. The number of aryl methyl sites for hydroxylation is 2. The number of carbonyl (C=O) groups excluding carboxylic acids is 1. The number of phenols is 1. The summed E-state index contributed by atoms with van der Waals surface area (Å²) in [7, 11) is 3.04. The predicted octanol–water partition coefficient (Wildman–Crippen LogP) is 5.79. The van der Waals surface area contributed by atoms with Gasteiger partial charge < -0.3 is 19.6 Å². The van der Waals surface area contributed by atoms with Crippen LogP contribution >= 0.6 is 0 Å². The highest BCUT2D eigenvalue weighted by molar-refractivity contribution is 6.01. The number of aromatic nitrogens is 5. The summed E-state index contributed by atoms with van der Waals surface area (Å²) in [4.78, 5) is 31.6. The lowest BCUT2D eigenvalue weighted by atomic mass is 9.94. The molecule has 3 aromatic heterocycles. The lowest BCUT2D eigenvalue weighted by molar-refractivity contribution is 0.0816. The van der Waals surface area contributed by atoms with Crippen molar-refractivity contribution < 1.29 is 32.2 Å². The van der Waals surface area contributed by atoms with Crippen molar-refractivity contribution in [2.45, 2.75) is 63.8 Å². The highest BCUT2D eigenvalue weighted by Gasteiger charge is 2.49. The van der Waals surface area contributed by atoms with E-state index in [1.54, 1.807) is 11.8 Å². The van der Waals surface area contributed by atoms with Crippen LogP contribution in [0, 0.1) is 17.5 Å². The molecule has 11 nitrogen and oxygen atoms in total. The van der Waals surface area contributed by atoms with Gasteiger partial charge in [-0.25, -0.2) is 17.6 Å². The van der Waals surface area contributed by atoms with Crippen molar-refractivity contribution in [3.8, 4) is 23.0 Å². The smallest absolute Gasteiger partial charge is 0.319 e. The van der Waals surface area contributed by atoms with Crippen LogP contribution in [-0.4, -0.2) is 97.6 Å². The fourth-order valence-electron chi connectivity index (χ4n) is 8.21. The number of anilines is 1. The number of aromatic hydroxyl groups is 1. The van der Waals surface area contributed by atoms with E-state index in [-0.39, 0.29) is 64.3 Å². The van der Waals surface area contributed by atoms with Gasteiger partial charge in [0.1, 0.15) is 41.4 Å². The van der Waals surface area contributed by atoms with Crippen LogP contribution in [0.25, 0.3) is 32.9 Å². The SMILES string of the molecule is CCc1c(F)ccc2cc(O)cc(-c3ncc4c(N5CCCn6nc(C(=O)N(C)C)c(F)c6C5)nc(OC[C@@]56CCCN5C[C@H](F)C6)nc4c3F)c12. The quantitative estimate of drug-likeness (QED) is 0.209. The zero-order valence-corrected chi connectivity index (χ0v) is 29.1. The molecule has 3 aliphatic rings. The van der Waals surface area contributed by atoms with Gasteiger partial charge in [0.05, 0.1) is 23.2 Å². The lowest BCUT2D eigenvalue weighted by Gasteiger charge is -2.31. The molecule has 3 aliphatic heterocycles. The van der Waals surface area contributed by atoms with E-state index in [9.17, 15) is 14.3 Å². The molecule has 0 aliphatic carbocycles. The van der Waals surface area contributed by atoms with E-state index in [0.717, 1.165) is 19.4 Å².